The van der Waals surface area contributed by atoms with E-state index in [-0.39, 0.29) is 0 Å². The second-order valence-corrected chi connectivity index (χ2v) is 3.91. The SMILES string of the molecule is CCOc1ccc(NCCN(CC)CC)cc1. The van der Waals surface area contributed by atoms with E-state index in [2.05, 4.69) is 36.2 Å². The molecule has 0 heterocycles. The highest BCUT2D eigenvalue weighted by Crippen LogP contribution is 2.15. The van der Waals surface area contributed by atoms with E-state index in [1.807, 2.05) is 19.1 Å². The molecule has 0 bridgehead atoms. The van der Waals surface area contributed by atoms with Gasteiger partial charge in [-0.25, -0.2) is 0 Å². The number of nitrogens with one attached hydrogen (secondary N) is 1. The molecule has 96 valence electrons. The number of anilines is 1. The molecule has 0 amide bonds. The number of hydrogen-bond donors (Lipinski definition) is 1. The first-order valence-electron chi connectivity index (χ1n) is 6.49. The lowest BCUT2D eigenvalue weighted by Crippen LogP contribution is -2.28. The van der Waals surface area contributed by atoms with Gasteiger partial charge in [0.05, 0.1) is 6.61 Å². The summed E-state index contributed by atoms with van der Waals surface area (Å²) in [4.78, 5) is 2.40. The van der Waals surface area contributed by atoms with Crippen LogP contribution in [0.2, 0.25) is 0 Å². The van der Waals surface area contributed by atoms with Gasteiger partial charge < -0.3 is 15.0 Å². The lowest BCUT2D eigenvalue weighted by atomic mass is 10.3. The summed E-state index contributed by atoms with van der Waals surface area (Å²) in [5, 5.41) is 3.42. The maximum absolute atomic E-state index is 5.40. The van der Waals surface area contributed by atoms with Gasteiger partial charge >= 0.3 is 0 Å². The number of ether oxygens (including phenoxy) is 1. The van der Waals surface area contributed by atoms with E-state index in [0.29, 0.717) is 6.61 Å². The largest absolute Gasteiger partial charge is 0.494 e. The minimum absolute atomic E-state index is 0.717. The fraction of sp³-hybridized carbons (Fsp3) is 0.571. The van der Waals surface area contributed by atoms with Crippen molar-refractivity contribution in [3.05, 3.63) is 24.3 Å². The quantitative estimate of drug-likeness (QED) is 0.751. The number of rotatable bonds is 8. The monoisotopic (exact) mass is 236 g/mol. The average molecular weight is 236 g/mol. The van der Waals surface area contributed by atoms with E-state index < -0.39 is 0 Å². The summed E-state index contributed by atoms with van der Waals surface area (Å²) >= 11 is 0. The second-order valence-electron chi connectivity index (χ2n) is 3.91. The Balaban J connectivity index is 2.31. The van der Waals surface area contributed by atoms with Crippen molar-refractivity contribution in [3.63, 3.8) is 0 Å². The molecule has 0 aliphatic rings. The zero-order valence-corrected chi connectivity index (χ0v) is 11.2. The highest BCUT2D eigenvalue weighted by atomic mass is 16.5. The van der Waals surface area contributed by atoms with Crippen molar-refractivity contribution >= 4 is 5.69 Å². The zero-order valence-electron chi connectivity index (χ0n) is 11.2. The lowest BCUT2D eigenvalue weighted by molar-refractivity contribution is 0.316. The van der Waals surface area contributed by atoms with Crippen molar-refractivity contribution in [1.82, 2.24) is 4.90 Å². The van der Waals surface area contributed by atoms with Crippen LogP contribution in [0.25, 0.3) is 0 Å². The third-order valence-corrected chi connectivity index (χ3v) is 2.82. The van der Waals surface area contributed by atoms with Gasteiger partial charge in [0.25, 0.3) is 0 Å². The maximum Gasteiger partial charge on any atom is 0.119 e. The van der Waals surface area contributed by atoms with Gasteiger partial charge in [-0.15, -0.1) is 0 Å². The molecule has 0 atom stereocenters. The summed E-state index contributed by atoms with van der Waals surface area (Å²) in [5.41, 5.74) is 1.15. The summed E-state index contributed by atoms with van der Waals surface area (Å²) in [6, 6.07) is 8.13. The Morgan fingerprint density at radius 1 is 1.06 bits per heavy atom. The highest BCUT2D eigenvalue weighted by molar-refractivity contribution is 5.46. The van der Waals surface area contributed by atoms with Crippen molar-refractivity contribution in [2.75, 3.05) is 38.1 Å². The van der Waals surface area contributed by atoms with E-state index in [1.54, 1.807) is 0 Å². The molecule has 0 unspecified atom stereocenters. The van der Waals surface area contributed by atoms with Crippen LogP contribution in [-0.4, -0.2) is 37.7 Å². The van der Waals surface area contributed by atoms with Gasteiger partial charge in [-0.05, 0) is 44.3 Å². The van der Waals surface area contributed by atoms with Crippen LogP contribution < -0.4 is 10.1 Å². The van der Waals surface area contributed by atoms with Gasteiger partial charge in [-0.1, -0.05) is 13.8 Å². The Morgan fingerprint density at radius 3 is 2.24 bits per heavy atom. The van der Waals surface area contributed by atoms with Gasteiger partial charge in [0.1, 0.15) is 5.75 Å². The number of likely N-dealkylation sites (N-methyl/N-ethyl adjacent to an activating group) is 1. The van der Waals surface area contributed by atoms with Crippen LogP contribution in [0.5, 0.6) is 5.75 Å². The normalized spacial score (nSPS) is 10.6. The van der Waals surface area contributed by atoms with Crippen LogP contribution >= 0.6 is 0 Å². The van der Waals surface area contributed by atoms with Gasteiger partial charge in [0.2, 0.25) is 0 Å². The van der Waals surface area contributed by atoms with Crippen LogP contribution in [-0.2, 0) is 0 Å². The van der Waals surface area contributed by atoms with Crippen molar-refractivity contribution in [2.24, 2.45) is 0 Å². The summed E-state index contributed by atoms with van der Waals surface area (Å²) in [6.07, 6.45) is 0. The molecule has 1 rings (SSSR count). The van der Waals surface area contributed by atoms with Crippen LogP contribution in [0.3, 0.4) is 0 Å². The van der Waals surface area contributed by atoms with Gasteiger partial charge in [0, 0.05) is 18.8 Å². The molecule has 0 aliphatic heterocycles. The van der Waals surface area contributed by atoms with E-state index >= 15 is 0 Å². The molecule has 0 saturated heterocycles. The molecule has 0 saturated carbocycles. The summed E-state index contributed by atoms with van der Waals surface area (Å²) in [6.45, 7) is 11.4. The van der Waals surface area contributed by atoms with Crippen molar-refractivity contribution in [3.8, 4) is 5.75 Å². The fourth-order valence-corrected chi connectivity index (χ4v) is 1.73. The average Bonchev–Trinajstić information content (AvgIpc) is 2.37. The van der Waals surface area contributed by atoms with Crippen LogP contribution in [0.15, 0.2) is 24.3 Å². The third kappa shape index (κ3) is 5.09. The molecule has 3 nitrogen and oxygen atoms in total. The summed E-state index contributed by atoms with van der Waals surface area (Å²) in [7, 11) is 0. The first kappa shape index (κ1) is 13.8. The zero-order chi connectivity index (χ0) is 12.5. The lowest BCUT2D eigenvalue weighted by Gasteiger charge is -2.18. The molecule has 0 fully saturated rings. The fourth-order valence-electron chi connectivity index (χ4n) is 1.73. The van der Waals surface area contributed by atoms with Gasteiger partial charge in [0.15, 0.2) is 0 Å². The number of hydrogen-bond acceptors (Lipinski definition) is 3. The molecular weight excluding hydrogens is 212 g/mol. The standard InChI is InChI=1S/C14H24N2O/c1-4-16(5-2)12-11-15-13-7-9-14(10-8-13)17-6-3/h7-10,15H,4-6,11-12H2,1-3H3. The van der Waals surface area contributed by atoms with Crippen molar-refractivity contribution in [1.29, 1.82) is 0 Å². The van der Waals surface area contributed by atoms with Crippen LogP contribution in [0.1, 0.15) is 20.8 Å². The first-order chi connectivity index (χ1) is 8.30. The molecule has 0 spiro atoms. The third-order valence-electron chi connectivity index (χ3n) is 2.82. The summed E-state index contributed by atoms with van der Waals surface area (Å²) < 4.78 is 5.40. The molecule has 17 heavy (non-hydrogen) atoms. The van der Waals surface area contributed by atoms with Crippen molar-refractivity contribution < 1.29 is 4.74 Å². The molecule has 1 aromatic carbocycles. The molecule has 1 aromatic rings. The topological polar surface area (TPSA) is 24.5 Å². The molecule has 0 radical (unpaired) electrons. The molecule has 0 aliphatic carbocycles. The maximum atomic E-state index is 5.40. The molecule has 0 aromatic heterocycles. The van der Waals surface area contributed by atoms with Crippen molar-refractivity contribution in [2.45, 2.75) is 20.8 Å². The van der Waals surface area contributed by atoms with Gasteiger partial charge in [-0.3, -0.25) is 0 Å². The summed E-state index contributed by atoms with van der Waals surface area (Å²) in [5.74, 6) is 0.932. The predicted octanol–water partition coefficient (Wildman–Crippen LogP) is 2.84. The Labute approximate surface area is 105 Å². The Hall–Kier alpha value is -1.22. The molecule has 1 N–H and O–H groups in total. The smallest absolute Gasteiger partial charge is 0.119 e. The van der Waals surface area contributed by atoms with Crippen LogP contribution in [0.4, 0.5) is 5.69 Å². The predicted molar refractivity (Wildman–Crippen MR) is 73.9 cm³/mol. The Kier molecular flexibility index (Phi) is 6.48. The molecule has 3 heteroatoms. The van der Waals surface area contributed by atoms with E-state index in [0.717, 1.165) is 37.6 Å². The molecular formula is C14H24N2O. The first-order valence-corrected chi connectivity index (χ1v) is 6.49. The second kappa shape index (κ2) is 7.96. The minimum Gasteiger partial charge on any atom is -0.494 e. The van der Waals surface area contributed by atoms with Crippen LogP contribution in [0, 0.1) is 0 Å². The van der Waals surface area contributed by atoms with E-state index in [1.165, 1.54) is 0 Å². The van der Waals surface area contributed by atoms with Gasteiger partial charge in [-0.2, -0.15) is 0 Å². The number of benzene rings is 1. The van der Waals surface area contributed by atoms with E-state index in [4.69, 9.17) is 4.74 Å². The minimum atomic E-state index is 0.717. The Morgan fingerprint density at radius 2 is 1.71 bits per heavy atom. The van der Waals surface area contributed by atoms with E-state index in [9.17, 15) is 0 Å². The number of nitrogens with zero attached hydrogens (tertiary/aromatic N) is 1. The Bertz CT molecular complexity index is 294. The highest BCUT2D eigenvalue weighted by Gasteiger charge is 1.98.